The van der Waals surface area contributed by atoms with Crippen molar-refractivity contribution in [1.29, 1.82) is 0 Å². The first-order valence-electron chi connectivity index (χ1n) is 5.67. The lowest BCUT2D eigenvalue weighted by Gasteiger charge is -2.26. The van der Waals surface area contributed by atoms with E-state index in [0.717, 1.165) is 11.4 Å². The molecule has 2 aromatic heterocycles. The van der Waals surface area contributed by atoms with Crippen molar-refractivity contribution in [2.75, 3.05) is 18.8 Å². The molecule has 3 rings (SSSR count). The molecule has 0 spiro atoms. The lowest BCUT2D eigenvalue weighted by Crippen LogP contribution is -2.30. The molecule has 0 saturated carbocycles. The maximum Gasteiger partial charge on any atom is 0.181 e. The van der Waals surface area contributed by atoms with Crippen LogP contribution in [0.3, 0.4) is 0 Å². The number of fused-ring (bicyclic) bond motifs is 3. The van der Waals surface area contributed by atoms with Gasteiger partial charge in [-0.3, -0.25) is 4.90 Å². The molecular weight excluding hydrogens is 238 g/mol. The van der Waals surface area contributed by atoms with Crippen LogP contribution >= 0.6 is 22.7 Å². The van der Waals surface area contributed by atoms with E-state index in [2.05, 4.69) is 16.8 Å². The summed E-state index contributed by atoms with van der Waals surface area (Å²) in [5.41, 5.74) is 7.26. The standard InChI is InChI=1S/C11H15N3S2/c1-2-4-14-5-3-8-7(6-14)9-10(15-8)13-11(12)16-9/h2-6H2,1H3,(H2,12,13). The Labute approximate surface area is 103 Å². The van der Waals surface area contributed by atoms with Gasteiger partial charge in [-0.1, -0.05) is 18.3 Å². The summed E-state index contributed by atoms with van der Waals surface area (Å²) in [5.74, 6) is 0. The van der Waals surface area contributed by atoms with Crippen LogP contribution in [0.1, 0.15) is 23.8 Å². The second kappa shape index (κ2) is 3.98. The molecule has 0 radical (unpaired) electrons. The molecule has 0 aromatic carbocycles. The molecule has 1 aliphatic rings. The van der Waals surface area contributed by atoms with Crippen LogP contribution in [0, 0.1) is 0 Å². The van der Waals surface area contributed by atoms with Gasteiger partial charge < -0.3 is 5.73 Å². The van der Waals surface area contributed by atoms with E-state index in [1.165, 1.54) is 41.1 Å². The van der Waals surface area contributed by atoms with Crippen molar-refractivity contribution in [2.45, 2.75) is 26.3 Å². The molecule has 0 fully saturated rings. The van der Waals surface area contributed by atoms with Gasteiger partial charge in [-0.2, -0.15) is 0 Å². The molecule has 0 saturated heterocycles. The zero-order valence-electron chi connectivity index (χ0n) is 9.32. The topological polar surface area (TPSA) is 42.2 Å². The van der Waals surface area contributed by atoms with E-state index in [4.69, 9.17) is 5.73 Å². The summed E-state index contributed by atoms with van der Waals surface area (Å²) in [4.78, 5) is 9.59. The first kappa shape index (κ1) is 10.5. The average Bonchev–Trinajstić information content (AvgIpc) is 2.75. The molecule has 3 heterocycles. The molecule has 0 unspecified atom stereocenters. The summed E-state index contributed by atoms with van der Waals surface area (Å²) in [6.07, 6.45) is 2.41. The number of hydrogen-bond donors (Lipinski definition) is 1. The molecule has 0 amide bonds. The van der Waals surface area contributed by atoms with Crippen LogP contribution in [0.2, 0.25) is 0 Å². The third kappa shape index (κ3) is 1.63. The summed E-state index contributed by atoms with van der Waals surface area (Å²) in [6, 6.07) is 0. The Morgan fingerprint density at radius 3 is 3.12 bits per heavy atom. The minimum Gasteiger partial charge on any atom is -0.375 e. The SMILES string of the molecule is CCCN1CCc2sc3nc(N)sc3c2C1. The van der Waals surface area contributed by atoms with Gasteiger partial charge in [0, 0.05) is 18.0 Å². The normalized spacial score (nSPS) is 16.8. The minimum atomic E-state index is 0.705. The Bertz CT molecular complexity index is 514. The van der Waals surface area contributed by atoms with E-state index in [-0.39, 0.29) is 0 Å². The van der Waals surface area contributed by atoms with Crippen LogP contribution in [-0.4, -0.2) is 23.0 Å². The fourth-order valence-electron chi connectivity index (χ4n) is 2.32. The number of aromatic nitrogens is 1. The van der Waals surface area contributed by atoms with Gasteiger partial charge in [0.25, 0.3) is 0 Å². The largest absolute Gasteiger partial charge is 0.375 e. The molecule has 1 aliphatic heterocycles. The van der Waals surface area contributed by atoms with Gasteiger partial charge in [0.15, 0.2) is 5.13 Å². The lowest BCUT2D eigenvalue weighted by atomic mass is 10.1. The van der Waals surface area contributed by atoms with Crippen LogP contribution in [0.25, 0.3) is 9.53 Å². The number of nitrogen functional groups attached to an aromatic ring is 1. The van der Waals surface area contributed by atoms with Gasteiger partial charge in [-0.25, -0.2) is 4.98 Å². The number of nitrogens with two attached hydrogens (primary N) is 1. The van der Waals surface area contributed by atoms with Gasteiger partial charge in [0.2, 0.25) is 0 Å². The summed E-state index contributed by atoms with van der Waals surface area (Å²) < 4.78 is 1.33. The monoisotopic (exact) mass is 253 g/mol. The lowest BCUT2D eigenvalue weighted by molar-refractivity contribution is 0.258. The Kier molecular flexibility index (Phi) is 2.61. The highest BCUT2D eigenvalue weighted by molar-refractivity contribution is 7.29. The number of anilines is 1. The fourth-order valence-corrected chi connectivity index (χ4v) is 4.56. The minimum absolute atomic E-state index is 0.705. The molecule has 5 heteroatoms. The second-order valence-corrected chi connectivity index (χ2v) is 6.33. The van der Waals surface area contributed by atoms with Gasteiger partial charge in [0.1, 0.15) is 4.83 Å². The Hall–Kier alpha value is -0.650. The summed E-state index contributed by atoms with van der Waals surface area (Å²) in [5, 5.41) is 0.705. The number of hydrogen-bond acceptors (Lipinski definition) is 5. The Balaban J connectivity index is 2.00. The first-order valence-corrected chi connectivity index (χ1v) is 7.30. The van der Waals surface area contributed by atoms with Crippen molar-refractivity contribution in [3.8, 4) is 0 Å². The van der Waals surface area contributed by atoms with Crippen LogP contribution < -0.4 is 5.73 Å². The predicted molar refractivity (Wildman–Crippen MR) is 71.2 cm³/mol. The Morgan fingerprint density at radius 2 is 2.31 bits per heavy atom. The van der Waals surface area contributed by atoms with E-state index in [1.54, 1.807) is 11.3 Å². The predicted octanol–water partition coefficient (Wildman–Crippen LogP) is 2.71. The number of rotatable bonds is 2. The van der Waals surface area contributed by atoms with Crippen molar-refractivity contribution in [3.63, 3.8) is 0 Å². The molecule has 86 valence electrons. The van der Waals surface area contributed by atoms with Crippen LogP contribution in [-0.2, 0) is 13.0 Å². The fraction of sp³-hybridized carbons (Fsp3) is 0.545. The molecule has 0 atom stereocenters. The van der Waals surface area contributed by atoms with Crippen molar-refractivity contribution in [1.82, 2.24) is 9.88 Å². The number of thiophene rings is 1. The third-order valence-electron chi connectivity index (χ3n) is 3.02. The quantitative estimate of drug-likeness (QED) is 0.895. The summed E-state index contributed by atoms with van der Waals surface area (Å²) in [6.45, 7) is 5.73. The van der Waals surface area contributed by atoms with E-state index < -0.39 is 0 Å². The van der Waals surface area contributed by atoms with Gasteiger partial charge in [-0.05, 0) is 24.9 Å². The highest BCUT2D eigenvalue weighted by Gasteiger charge is 2.22. The molecule has 0 aliphatic carbocycles. The van der Waals surface area contributed by atoms with E-state index >= 15 is 0 Å². The van der Waals surface area contributed by atoms with Gasteiger partial charge >= 0.3 is 0 Å². The average molecular weight is 253 g/mol. The molecule has 2 N–H and O–H groups in total. The van der Waals surface area contributed by atoms with E-state index in [1.807, 2.05) is 11.3 Å². The van der Waals surface area contributed by atoms with E-state index in [0.29, 0.717) is 5.13 Å². The number of thiazole rings is 1. The molecule has 16 heavy (non-hydrogen) atoms. The van der Waals surface area contributed by atoms with Crippen molar-refractivity contribution < 1.29 is 0 Å². The maximum absolute atomic E-state index is 5.76. The highest BCUT2D eigenvalue weighted by Crippen LogP contribution is 2.39. The van der Waals surface area contributed by atoms with E-state index in [9.17, 15) is 0 Å². The molecular formula is C11H15N3S2. The van der Waals surface area contributed by atoms with Crippen molar-refractivity contribution in [3.05, 3.63) is 10.4 Å². The smallest absolute Gasteiger partial charge is 0.181 e. The zero-order valence-corrected chi connectivity index (χ0v) is 11.0. The van der Waals surface area contributed by atoms with Crippen molar-refractivity contribution >= 4 is 37.3 Å². The van der Waals surface area contributed by atoms with Gasteiger partial charge in [-0.15, -0.1) is 11.3 Å². The molecule has 0 bridgehead atoms. The van der Waals surface area contributed by atoms with Crippen LogP contribution in [0.5, 0.6) is 0 Å². The third-order valence-corrected chi connectivity index (χ3v) is 5.28. The highest BCUT2D eigenvalue weighted by atomic mass is 32.1. The maximum atomic E-state index is 5.76. The van der Waals surface area contributed by atoms with Crippen molar-refractivity contribution in [2.24, 2.45) is 0 Å². The second-order valence-electron chi connectivity index (χ2n) is 4.22. The zero-order chi connectivity index (χ0) is 11.1. The summed E-state index contributed by atoms with van der Waals surface area (Å²) in [7, 11) is 0. The molecule has 3 nitrogen and oxygen atoms in total. The summed E-state index contributed by atoms with van der Waals surface area (Å²) >= 11 is 3.48. The molecule has 2 aromatic rings. The van der Waals surface area contributed by atoms with Gasteiger partial charge in [0.05, 0.1) is 4.70 Å². The van der Waals surface area contributed by atoms with Crippen LogP contribution in [0.4, 0.5) is 5.13 Å². The first-order chi connectivity index (χ1) is 7.78. The Morgan fingerprint density at radius 1 is 1.44 bits per heavy atom. The number of nitrogens with zero attached hydrogens (tertiary/aromatic N) is 2. The van der Waals surface area contributed by atoms with Crippen LogP contribution in [0.15, 0.2) is 0 Å².